The number of nitrogens with two attached hydrogens (primary N) is 1. The number of ether oxygens (including phenoxy) is 1. The Morgan fingerprint density at radius 1 is 1.39 bits per heavy atom. The fraction of sp³-hybridized carbons (Fsp3) is 0.357. The van der Waals surface area contributed by atoms with E-state index in [4.69, 9.17) is 10.5 Å². The largest absolute Gasteiger partial charge is 0.463 e. The van der Waals surface area contributed by atoms with Gasteiger partial charge in [0, 0.05) is 12.1 Å². The first-order valence-corrected chi connectivity index (χ1v) is 5.81. The number of benzene rings is 1. The molecule has 3 nitrogen and oxygen atoms in total. The number of carbonyl (C=O) groups is 1. The van der Waals surface area contributed by atoms with Gasteiger partial charge in [-0.3, -0.25) is 0 Å². The summed E-state index contributed by atoms with van der Waals surface area (Å²) >= 11 is 0. The summed E-state index contributed by atoms with van der Waals surface area (Å²) in [6.07, 6.45) is 4.04. The molecule has 1 rings (SSSR count). The average Bonchev–Trinajstić information content (AvgIpc) is 2.28. The lowest BCUT2D eigenvalue weighted by molar-refractivity contribution is -0.137. The van der Waals surface area contributed by atoms with Gasteiger partial charge in [0.1, 0.15) is 0 Å². The molecule has 0 aromatic heterocycles. The highest BCUT2D eigenvalue weighted by Crippen LogP contribution is 2.08. The minimum absolute atomic E-state index is 0. The molecule has 1 aromatic rings. The number of carbonyl (C=O) groups excluding carboxylic acids is 1. The van der Waals surface area contributed by atoms with Crippen LogP contribution in [-0.4, -0.2) is 18.6 Å². The maximum absolute atomic E-state index is 11.1. The zero-order valence-corrected chi connectivity index (χ0v) is 11.6. The number of hydrogen-bond donors (Lipinski definition) is 1. The molecule has 0 saturated carbocycles. The lowest BCUT2D eigenvalue weighted by Crippen LogP contribution is -2.17. The van der Waals surface area contributed by atoms with Gasteiger partial charge >= 0.3 is 5.97 Å². The smallest absolute Gasteiger partial charge is 0.330 e. The summed E-state index contributed by atoms with van der Waals surface area (Å²) in [4.78, 5) is 11.1. The molecule has 0 radical (unpaired) electrons. The Kier molecular flexibility index (Phi) is 8.08. The third-order valence-electron chi connectivity index (χ3n) is 2.24. The van der Waals surface area contributed by atoms with Crippen molar-refractivity contribution in [1.29, 1.82) is 0 Å². The van der Waals surface area contributed by atoms with Gasteiger partial charge in [0.25, 0.3) is 0 Å². The molecule has 0 heterocycles. The second-order valence-corrected chi connectivity index (χ2v) is 4.01. The SMILES string of the molecule is CCOC(=O)/C=C/c1ccc(CC(C)N)cc1.Cl. The van der Waals surface area contributed by atoms with Crippen LogP contribution in [0, 0.1) is 0 Å². The van der Waals surface area contributed by atoms with Gasteiger partial charge in [-0.2, -0.15) is 0 Å². The van der Waals surface area contributed by atoms with Crippen molar-refractivity contribution in [2.24, 2.45) is 5.73 Å². The van der Waals surface area contributed by atoms with Gasteiger partial charge in [-0.1, -0.05) is 24.3 Å². The van der Waals surface area contributed by atoms with E-state index in [-0.39, 0.29) is 24.4 Å². The average molecular weight is 270 g/mol. The summed E-state index contributed by atoms with van der Waals surface area (Å²) in [5.41, 5.74) is 7.90. The Balaban J connectivity index is 0.00000289. The van der Waals surface area contributed by atoms with Crippen molar-refractivity contribution in [2.45, 2.75) is 26.3 Å². The van der Waals surface area contributed by atoms with Crippen LogP contribution in [-0.2, 0) is 16.0 Å². The fourth-order valence-corrected chi connectivity index (χ4v) is 1.49. The highest BCUT2D eigenvalue weighted by molar-refractivity contribution is 5.87. The Morgan fingerprint density at radius 3 is 2.50 bits per heavy atom. The summed E-state index contributed by atoms with van der Waals surface area (Å²) in [6, 6.07) is 8.14. The van der Waals surface area contributed by atoms with Crippen LogP contribution in [0.15, 0.2) is 30.3 Å². The van der Waals surface area contributed by atoms with E-state index in [2.05, 4.69) is 0 Å². The lowest BCUT2D eigenvalue weighted by Gasteiger charge is -2.04. The van der Waals surface area contributed by atoms with E-state index in [1.54, 1.807) is 13.0 Å². The molecule has 0 spiro atoms. The predicted octanol–water partition coefficient (Wildman–Crippen LogP) is 2.57. The zero-order valence-electron chi connectivity index (χ0n) is 10.8. The van der Waals surface area contributed by atoms with Crippen LogP contribution in [0.4, 0.5) is 0 Å². The van der Waals surface area contributed by atoms with Gasteiger partial charge in [-0.25, -0.2) is 4.79 Å². The van der Waals surface area contributed by atoms with Gasteiger partial charge in [0.15, 0.2) is 0 Å². The van der Waals surface area contributed by atoms with E-state index in [1.807, 2.05) is 31.2 Å². The normalized spacial score (nSPS) is 11.9. The van der Waals surface area contributed by atoms with Crippen molar-refractivity contribution >= 4 is 24.5 Å². The van der Waals surface area contributed by atoms with Crippen LogP contribution >= 0.6 is 12.4 Å². The molecule has 0 fully saturated rings. The summed E-state index contributed by atoms with van der Waals surface area (Å²) in [5.74, 6) is -0.313. The first kappa shape index (κ1) is 16.7. The van der Waals surface area contributed by atoms with E-state index in [0.717, 1.165) is 12.0 Å². The van der Waals surface area contributed by atoms with Crippen molar-refractivity contribution in [3.8, 4) is 0 Å². The van der Waals surface area contributed by atoms with E-state index < -0.39 is 0 Å². The number of esters is 1. The third-order valence-corrected chi connectivity index (χ3v) is 2.24. The second-order valence-electron chi connectivity index (χ2n) is 4.01. The number of halogens is 1. The second kappa shape index (κ2) is 8.72. The quantitative estimate of drug-likeness (QED) is 0.660. The number of hydrogen-bond acceptors (Lipinski definition) is 3. The van der Waals surface area contributed by atoms with Crippen molar-refractivity contribution in [2.75, 3.05) is 6.61 Å². The van der Waals surface area contributed by atoms with Crippen LogP contribution in [0.1, 0.15) is 25.0 Å². The molecule has 2 N–H and O–H groups in total. The minimum atomic E-state index is -0.313. The molecule has 100 valence electrons. The van der Waals surface area contributed by atoms with Crippen molar-refractivity contribution in [3.63, 3.8) is 0 Å². The van der Waals surface area contributed by atoms with E-state index in [9.17, 15) is 4.79 Å². The molecule has 0 saturated heterocycles. The molecular weight excluding hydrogens is 250 g/mol. The molecule has 0 aliphatic carbocycles. The Labute approximate surface area is 114 Å². The maximum atomic E-state index is 11.1. The summed E-state index contributed by atoms with van der Waals surface area (Å²) in [7, 11) is 0. The van der Waals surface area contributed by atoms with Crippen molar-refractivity contribution in [1.82, 2.24) is 0 Å². The van der Waals surface area contributed by atoms with Crippen LogP contribution in [0.25, 0.3) is 6.08 Å². The topological polar surface area (TPSA) is 52.3 Å². The van der Waals surface area contributed by atoms with E-state index in [1.165, 1.54) is 11.6 Å². The molecule has 0 aliphatic heterocycles. The molecule has 0 amide bonds. The molecule has 1 aromatic carbocycles. The van der Waals surface area contributed by atoms with Gasteiger partial charge in [-0.05, 0) is 37.5 Å². The molecule has 0 aliphatic rings. The fourth-order valence-electron chi connectivity index (χ4n) is 1.49. The minimum Gasteiger partial charge on any atom is -0.463 e. The highest BCUT2D eigenvalue weighted by Gasteiger charge is 1.98. The Hall–Kier alpha value is -1.32. The summed E-state index contributed by atoms with van der Waals surface area (Å²) in [5, 5.41) is 0. The van der Waals surface area contributed by atoms with Crippen LogP contribution < -0.4 is 5.73 Å². The van der Waals surface area contributed by atoms with Crippen molar-refractivity contribution < 1.29 is 9.53 Å². The summed E-state index contributed by atoms with van der Waals surface area (Å²) < 4.78 is 4.80. The highest BCUT2D eigenvalue weighted by atomic mass is 35.5. The third kappa shape index (κ3) is 6.42. The molecule has 18 heavy (non-hydrogen) atoms. The van der Waals surface area contributed by atoms with Crippen molar-refractivity contribution in [3.05, 3.63) is 41.5 Å². The van der Waals surface area contributed by atoms with Crippen LogP contribution in [0.2, 0.25) is 0 Å². The predicted molar refractivity (Wildman–Crippen MR) is 76.7 cm³/mol. The lowest BCUT2D eigenvalue weighted by atomic mass is 10.1. The number of rotatable bonds is 5. The molecule has 1 atom stereocenters. The molecular formula is C14H20ClNO2. The standard InChI is InChI=1S/C14H19NO2.ClH/c1-3-17-14(16)9-8-12-4-6-13(7-5-12)10-11(2)15;/h4-9,11H,3,10,15H2,1-2H3;1H/b9-8+;. The zero-order chi connectivity index (χ0) is 12.7. The van der Waals surface area contributed by atoms with Gasteiger partial charge < -0.3 is 10.5 Å². The molecule has 4 heteroatoms. The van der Waals surface area contributed by atoms with E-state index in [0.29, 0.717) is 6.61 Å². The van der Waals surface area contributed by atoms with E-state index >= 15 is 0 Å². The Bertz CT molecular complexity index is 385. The first-order chi connectivity index (χ1) is 8.11. The van der Waals surface area contributed by atoms with Gasteiger partial charge in [-0.15, -0.1) is 12.4 Å². The maximum Gasteiger partial charge on any atom is 0.330 e. The van der Waals surface area contributed by atoms with Gasteiger partial charge in [0.05, 0.1) is 6.61 Å². The Morgan fingerprint density at radius 2 is 2.00 bits per heavy atom. The summed E-state index contributed by atoms with van der Waals surface area (Å²) in [6.45, 7) is 4.17. The molecule has 0 bridgehead atoms. The van der Waals surface area contributed by atoms with Crippen LogP contribution in [0.5, 0.6) is 0 Å². The monoisotopic (exact) mass is 269 g/mol. The van der Waals surface area contributed by atoms with Crippen LogP contribution in [0.3, 0.4) is 0 Å². The molecule has 1 unspecified atom stereocenters. The van der Waals surface area contributed by atoms with Gasteiger partial charge in [0.2, 0.25) is 0 Å². The first-order valence-electron chi connectivity index (χ1n) is 5.81.